The van der Waals surface area contributed by atoms with Crippen LogP contribution < -0.4 is 10.1 Å². The largest absolute Gasteiger partial charge is 0.492 e. The van der Waals surface area contributed by atoms with Crippen LogP contribution in [0.5, 0.6) is 5.75 Å². The number of fused-ring (bicyclic) bond motifs is 1. The minimum Gasteiger partial charge on any atom is -0.492 e. The van der Waals surface area contributed by atoms with Crippen LogP contribution in [-0.2, 0) is 14.8 Å². The molecule has 3 aromatic rings. The van der Waals surface area contributed by atoms with Crippen LogP contribution in [0, 0.1) is 0 Å². The van der Waals surface area contributed by atoms with E-state index in [0.29, 0.717) is 41.9 Å². The Hall–Kier alpha value is -2.56. The molecule has 2 heterocycles. The predicted molar refractivity (Wildman–Crippen MR) is 111 cm³/mol. The zero-order valence-corrected chi connectivity index (χ0v) is 17.4. The lowest BCUT2D eigenvalue weighted by Crippen LogP contribution is -2.43. The number of carbonyl (C=O) groups excluding carboxylic acids is 1. The minimum absolute atomic E-state index is 0.0816. The smallest absolute Gasteiger partial charge is 0.246 e. The molecule has 0 spiro atoms. The summed E-state index contributed by atoms with van der Waals surface area (Å²) in [5.74, 6) is 0.177. The van der Waals surface area contributed by atoms with Gasteiger partial charge >= 0.3 is 0 Å². The van der Waals surface area contributed by atoms with Gasteiger partial charge in [-0.15, -0.1) is 0 Å². The molecule has 0 saturated carbocycles. The van der Waals surface area contributed by atoms with E-state index < -0.39 is 16.1 Å². The topological polar surface area (TPSA) is 101 Å². The van der Waals surface area contributed by atoms with Gasteiger partial charge in [0.05, 0.1) is 24.0 Å². The van der Waals surface area contributed by atoms with Gasteiger partial charge in [-0.25, -0.2) is 8.42 Å². The number of nitrogens with one attached hydrogen (secondary N) is 1. The summed E-state index contributed by atoms with van der Waals surface area (Å²) in [5.41, 5.74) is 1.39. The lowest BCUT2D eigenvalue weighted by atomic mass is 10.2. The number of ether oxygens (including phenoxy) is 1. The molecule has 10 heteroatoms. The van der Waals surface area contributed by atoms with Gasteiger partial charge in [-0.05, 0) is 44.0 Å². The maximum atomic E-state index is 13.3. The maximum Gasteiger partial charge on any atom is 0.246 e. The van der Waals surface area contributed by atoms with E-state index in [2.05, 4.69) is 14.1 Å². The van der Waals surface area contributed by atoms with E-state index in [1.165, 1.54) is 10.4 Å². The second-order valence-electron chi connectivity index (χ2n) is 6.58. The van der Waals surface area contributed by atoms with Gasteiger partial charge in [-0.1, -0.05) is 18.2 Å². The van der Waals surface area contributed by atoms with E-state index in [0.717, 1.165) is 11.7 Å². The van der Waals surface area contributed by atoms with E-state index in [9.17, 15) is 13.2 Å². The van der Waals surface area contributed by atoms with Gasteiger partial charge in [0.25, 0.3) is 0 Å². The second-order valence-corrected chi connectivity index (χ2v) is 8.97. The number of benzene rings is 2. The Morgan fingerprint density at radius 1 is 1.24 bits per heavy atom. The first-order chi connectivity index (χ1) is 14.0. The van der Waals surface area contributed by atoms with Gasteiger partial charge in [-0.3, -0.25) is 4.79 Å². The molecule has 1 aliphatic rings. The first-order valence-corrected chi connectivity index (χ1v) is 11.4. The Morgan fingerprint density at radius 3 is 2.90 bits per heavy atom. The van der Waals surface area contributed by atoms with Crippen molar-refractivity contribution in [2.45, 2.75) is 30.7 Å². The normalized spacial score (nSPS) is 17.5. The van der Waals surface area contributed by atoms with Crippen LogP contribution in [-0.4, -0.2) is 46.6 Å². The Bertz CT molecular complexity index is 1150. The lowest BCUT2D eigenvalue weighted by Gasteiger charge is -2.24. The molecule has 4 rings (SSSR count). The van der Waals surface area contributed by atoms with E-state index in [1.54, 1.807) is 30.3 Å². The SMILES string of the molecule is CCOc1ccccc1NC(=O)C1CCCN1S(=O)(=O)c1cccc2nsnc12. The summed E-state index contributed by atoms with van der Waals surface area (Å²) in [6.45, 7) is 2.60. The zero-order chi connectivity index (χ0) is 20.4. The van der Waals surface area contributed by atoms with Crippen molar-refractivity contribution in [3.05, 3.63) is 42.5 Å². The maximum absolute atomic E-state index is 13.3. The van der Waals surface area contributed by atoms with Gasteiger partial charge in [0.1, 0.15) is 27.7 Å². The monoisotopic (exact) mass is 432 g/mol. The third-order valence-electron chi connectivity index (χ3n) is 4.79. The number of hydrogen-bond donors (Lipinski definition) is 1. The van der Waals surface area contributed by atoms with E-state index in [-0.39, 0.29) is 17.3 Å². The van der Waals surface area contributed by atoms with E-state index in [1.807, 2.05) is 13.0 Å². The number of aromatic nitrogens is 2. The summed E-state index contributed by atoms with van der Waals surface area (Å²) in [5, 5.41) is 2.83. The average Bonchev–Trinajstić information content (AvgIpc) is 3.39. The number of nitrogens with zero attached hydrogens (tertiary/aromatic N) is 3. The third-order valence-corrected chi connectivity index (χ3v) is 7.27. The standard InChI is InChI=1S/C19H20N4O4S2/c1-2-27-16-10-4-3-7-13(16)20-19(24)15-9-6-12-23(15)29(25,26)17-11-5-8-14-18(17)22-28-21-14/h3-5,7-8,10-11,15H,2,6,9,12H2,1H3,(H,20,24). The van der Waals surface area contributed by atoms with Gasteiger partial charge in [0.15, 0.2) is 0 Å². The fourth-order valence-corrected chi connectivity index (χ4v) is 5.88. The fourth-order valence-electron chi connectivity index (χ4n) is 3.47. The minimum atomic E-state index is -3.90. The van der Waals surface area contributed by atoms with Gasteiger partial charge in [0, 0.05) is 6.54 Å². The molecule has 1 unspecified atom stereocenters. The summed E-state index contributed by atoms with van der Waals surface area (Å²) < 4.78 is 41.7. The Morgan fingerprint density at radius 2 is 2.07 bits per heavy atom. The molecular formula is C19H20N4O4S2. The lowest BCUT2D eigenvalue weighted by molar-refractivity contribution is -0.119. The van der Waals surface area contributed by atoms with Gasteiger partial charge in [0.2, 0.25) is 15.9 Å². The van der Waals surface area contributed by atoms with Crippen LogP contribution in [0.1, 0.15) is 19.8 Å². The van der Waals surface area contributed by atoms with E-state index in [4.69, 9.17) is 4.74 Å². The van der Waals surface area contributed by atoms with Crippen molar-refractivity contribution in [1.29, 1.82) is 0 Å². The summed E-state index contributed by atoms with van der Waals surface area (Å²) >= 11 is 0.965. The molecule has 1 saturated heterocycles. The molecule has 2 aromatic carbocycles. The van der Waals surface area contributed by atoms with Crippen LogP contribution in [0.2, 0.25) is 0 Å². The molecule has 152 valence electrons. The molecule has 1 amide bonds. The number of hydrogen-bond acceptors (Lipinski definition) is 7. The first-order valence-electron chi connectivity index (χ1n) is 9.28. The van der Waals surface area contributed by atoms with Crippen LogP contribution in [0.25, 0.3) is 11.0 Å². The molecule has 29 heavy (non-hydrogen) atoms. The highest BCUT2D eigenvalue weighted by Crippen LogP contribution is 2.31. The molecule has 1 atom stereocenters. The number of rotatable bonds is 6. The summed E-state index contributed by atoms with van der Waals surface area (Å²) in [4.78, 5) is 13.1. The highest BCUT2D eigenvalue weighted by atomic mass is 32.2. The van der Waals surface area contributed by atoms with Gasteiger partial charge < -0.3 is 10.1 Å². The molecule has 1 fully saturated rings. The third kappa shape index (κ3) is 3.70. The number of anilines is 1. The van der Waals surface area contributed by atoms with Crippen molar-refractivity contribution in [3.63, 3.8) is 0 Å². The summed E-state index contributed by atoms with van der Waals surface area (Å²) in [7, 11) is -3.90. The highest BCUT2D eigenvalue weighted by Gasteiger charge is 2.40. The molecule has 0 aliphatic carbocycles. The highest BCUT2D eigenvalue weighted by molar-refractivity contribution is 7.89. The average molecular weight is 433 g/mol. The first kappa shape index (κ1) is 19.7. The van der Waals surface area contributed by atoms with Crippen molar-refractivity contribution < 1.29 is 17.9 Å². The summed E-state index contributed by atoms with van der Waals surface area (Å²) in [6, 6.07) is 11.2. The van der Waals surface area contributed by atoms with Crippen molar-refractivity contribution in [2.75, 3.05) is 18.5 Å². The fraction of sp³-hybridized carbons (Fsp3) is 0.316. The van der Waals surface area contributed by atoms with Gasteiger partial charge in [-0.2, -0.15) is 13.1 Å². The Labute approximate surface area is 172 Å². The molecule has 1 aromatic heterocycles. The number of sulfonamides is 1. The number of amides is 1. The van der Waals surface area contributed by atoms with Crippen molar-refractivity contribution in [3.8, 4) is 5.75 Å². The van der Waals surface area contributed by atoms with Crippen LogP contribution in [0.15, 0.2) is 47.4 Å². The molecule has 1 N–H and O–H groups in total. The quantitative estimate of drug-likeness (QED) is 0.643. The van der Waals surface area contributed by atoms with Crippen molar-refractivity contribution >= 4 is 44.4 Å². The Balaban J connectivity index is 1.62. The van der Waals surface area contributed by atoms with Crippen LogP contribution in [0.3, 0.4) is 0 Å². The molecule has 0 bridgehead atoms. The second kappa shape index (κ2) is 8.05. The number of para-hydroxylation sites is 2. The molecular weight excluding hydrogens is 412 g/mol. The molecule has 8 nitrogen and oxygen atoms in total. The molecule has 0 radical (unpaired) electrons. The molecule has 1 aliphatic heterocycles. The van der Waals surface area contributed by atoms with Crippen LogP contribution in [0.4, 0.5) is 5.69 Å². The number of carbonyl (C=O) groups is 1. The van der Waals surface area contributed by atoms with Crippen molar-refractivity contribution in [2.24, 2.45) is 0 Å². The van der Waals surface area contributed by atoms with Crippen molar-refractivity contribution in [1.82, 2.24) is 13.1 Å². The van der Waals surface area contributed by atoms with Crippen LogP contribution >= 0.6 is 11.7 Å². The van der Waals surface area contributed by atoms with E-state index >= 15 is 0 Å². The predicted octanol–water partition coefficient (Wildman–Crippen LogP) is 2.88. The Kier molecular flexibility index (Phi) is 5.48. The zero-order valence-electron chi connectivity index (χ0n) is 15.7. The summed E-state index contributed by atoms with van der Waals surface area (Å²) in [6.07, 6.45) is 1.06.